The fourth-order valence-electron chi connectivity index (χ4n) is 2.69. The number of nitrogens with zero attached hydrogens (tertiary/aromatic N) is 1. The molecule has 0 aliphatic carbocycles. The molecule has 1 aliphatic heterocycles. The number of fused-ring (bicyclic) bond motifs is 1. The van der Waals surface area contributed by atoms with Crippen LogP contribution < -0.4 is 14.8 Å². The summed E-state index contributed by atoms with van der Waals surface area (Å²) in [6.45, 7) is 0.354. The molecule has 2 heterocycles. The Labute approximate surface area is 140 Å². The van der Waals surface area contributed by atoms with Gasteiger partial charge in [0.15, 0.2) is 0 Å². The number of ether oxygens (including phenoxy) is 1. The number of rotatable bonds is 5. The number of aryl methyl sites for hydroxylation is 1. The van der Waals surface area contributed by atoms with Crippen molar-refractivity contribution in [3.63, 3.8) is 0 Å². The molecule has 8 heteroatoms. The van der Waals surface area contributed by atoms with Crippen LogP contribution in [-0.2, 0) is 23.5 Å². The topological polar surface area (TPSA) is 89.4 Å². The van der Waals surface area contributed by atoms with Crippen molar-refractivity contribution in [2.75, 3.05) is 13.6 Å². The number of benzene rings is 1. The average molecular weight is 349 g/mol. The number of hydrogen-bond acceptors (Lipinski definition) is 4. The van der Waals surface area contributed by atoms with E-state index >= 15 is 0 Å². The minimum Gasteiger partial charge on any atom is -0.488 e. The number of hydrogen-bond donors (Lipinski definition) is 2. The van der Waals surface area contributed by atoms with Gasteiger partial charge >= 0.3 is 0 Å². The zero-order valence-corrected chi connectivity index (χ0v) is 14.3. The normalized spacial score (nSPS) is 16.5. The fourth-order valence-corrected chi connectivity index (χ4v) is 3.49. The summed E-state index contributed by atoms with van der Waals surface area (Å²) in [6.07, 6.45) is 2.03. The Morgan fingerprint density at radius 3 is 2.83 bits per heavy atom. The SMILES string of the molecule is CNS(=O)(=O)c1cc(C(=O)NC[C@@H]2Cc3ccccc3O2)n(C)c1. The summed E-state index contributed by atoms with van der Waals surface area (Å²) in [5, 5.41) is 2.80. The summed E-state index contributed by atoms with van der Waals surface area (Å²) >= 11 is 0. The molecule has 0 bridgehead atoms. The van der Waals surface area contributed by atoms with E-state index in [9.17, 15) is 13.2 Å². The number of amides is 1. The highest BCUT2D eigenvalue weighted by atomic mass is 32.2. The first kappa shape index (κ1) is 16.5. The van der Waals surface area contributed by atoms with Crippen molar-refractivity contribution in [2.45, 2.75) is 17.4 Å². The highest BCUT2D eigenvalue weighted by Gasteiger charge is 2.24. The highest BCUT2D eigenvalue weighted by Crippen LogP contribution is 2.27. The van der Waals surface area contributed by atoms with Gasteiger partial charge in [-0.3, -0.25) is 4.79 Å². The van der Waals surface area contributed by atoms with Gasteiger partial charge in [0.05, 0.1) is 6.54 Å². The van der Waals surface area contributed by atoms with Crippen molar-refractivity contribution in [1.82, 2.24) is 14.6 Å². The van der Waals surface area contributed by atoms with Crippen LogP contribution in [-0.4, -0.2) is 38.6 Å². The smallest absolute Gasteiger partial charge is 0.268 e. The number of para-hydroxylation sites is 1. The molecule has 0 saturated carbocycles. The highest BCUT2D eigenvalue weighted by molar-refractivity contribution is 7.89. The number of sulfonamides is 1. The first-order chi connectivity index (χ1) is 11.4. The third-order valence-electron chi connectivity index (χ3n) is 4.00. The van der Waals surface area contributed by atoms with Gasteiger partial charge in [-0.15, -0.1) is 0 Å². The van der Waals surface area contributed by atoms with Crippen molar-refractivity contribution >= 4 is 15.9 Å². The number of aromatic nitrogens is 1. The minimum atomic E-state index is -3.58. The second-order valence-electron chi connectivity index (χ2n) is 5.64. The third-order valence-corrected chi connectivity index (χ3v) is 5.38. The average Bonchev–Trinajstić information content (AvgIpc) is 3.16. The Bertz CT molecular complexity index is 848. The molecule has 1 atom stereocenters. The first-order valence-electron chi connectivity index (χ1n) is 7.53. The quantitative estimate of drug-likeness (QED) is 0.830. The van der Waals surface area contributed by atoms with Crippen LogP contribution in [0, 0.1) is 0 Å². The maximum atomic E-state index is 12.3. The fraction of sp³-hybridized carbons (Fsp3) is 0.312. The molecule has 1 aliphatic rings. The Morgan fingerprint density at radius 2 is 2.12 bits per heavy atom. The maximum Gasteiger partial charge on any atom is 0.268 e. The standard InChI is InChI=1S/C16H19N3O4S/c1-17-24(21,22)13-8-14(19(2)10-13)16(20)18-9-12-7-11-5-3-4-6-15(11)23-12/h3-6,8,10,12,17H,7,9H2,1-2H3,(H,18,20)/t12-/m0/s1. The number of carbonyl (C=O) groups is 1. The minimum absolute atomic E-state index is 0.0576. The van der Waals surface area contributed by atoms with Gasteiger partial charge in [0, 0.05) is 19.7 Å². The van der Waals surface area contributed by atoms with Crippen molar-refractivity contribution in [2.24, 2.45) is 7.05 Å². The summed E-state index contributed by atoms with van der Waals surface area (Å²) in [5.41, 5.74) is 1.40. The molecule has 3 rings (SSSR count). The van der Waals surface area contributed by atoms with Crippen LogP contribution in [0.1, 0.15) is 16.1 Å². The second kappa shape index (κ2) is 6.29. The lowest BCUT2D eigenvalue weighted by atomic mass is 10.1. The van der Waals surface area contributed by atoms with Gasteiger partial charge < -0.3 is 14.6 Å². The molecule has 0 fully saturated rings. The van der Waals surface area contributed by atoms with E-state index in [0.29, 0.717) is 6.54 Å². The summed E-state index contributed by atoms with van der Waals surface area (Å²) < 4.78 is 33.1. The molecular formula is C16H19N3O4S. The summed E-state index contributed by atoms with van der Waals surface area (Å²) in [4.78, 5) is 12.4. The predicted molar refractivity (Wildman–Crippen MR) is 88.6 cm³/mol. The van der Waals surface area contributed by atoms with Crippen molar-refractivity contribution in [1.29, 1.82) is 0 Å². The van der Waals surface area contributed by atoms with Gasteiger partial charge in [0.2, 0.25) is 10.0 Å². The largest absolute Gasteiger partial charge is 0.488 e. The maximum absolute atomic E-state index is 12.3. The van der Waals surface area contributed by atoms with Gasteiger partial charge in [0.1, 0.15) is 22.4 Å². The van der Waals surface area contributed by atoms with E-state index in [1.807, 2.05) is 24.3 Å². The van der Waals surface area contributed by atoms with E-state index in [1.54, 1.807) is 7.05 Å². The van der Waals surface area contributed by atoms with Crippen LogP contribution >= 0.6 is 0 Å². The Hall–Kier alpha value is -2.32. The summed E-state index contributed by atoms with van der Waals surface area (Å²) in [5.74, 6) is 0.507. The number of nitrogens with one attached hydrogen (secondary N) is 2. The molecule has 24 heavy (non-hydrogen) atoms. The van der Waals surface area contributed by atoms with Gasteiger partial charge in [-0.2, -0.15) is 0 Å². The van der Waals surface area contributed by atoms with Crippen LogP contribution in [0.25, 0.3) is 0 Å². The van der Waals surface area contributed by atoms with Gasteiger partial charge in [-0.1, -0.05) is 18.2 Å². The van der Waals surface area contributed by atoms with E-state index < -0.39 is 10.0 Å². The number of carbonyl (C=O) groups excluding carboxylic acids is 1. The summed E-state index contributed by atoms with van der Waals surface area (Å²) in [7, 11) is -0.615. The van der Waals surface area contributed by atoms with Crippen molar-refractivity contribution in [3.8, 4) is 5.75 Å². The van der Waals surface area contributed by atoms with Crippen LogP contribution in [0.4, 0.5) is 0 Å². The Morgan fingerprint density at radius 1 is 1.38 bits per heavy atom. The van der Waals surface area contributed by atoms with E-state index in [-0.39, 0.29) is 22.6 Å². The molecule has 1 amide bonds. The Balaban J connectivity index is 1.65. The lowest BCUT2D eigenvalue weighted by molar-refractivity contribution is 0.0925. The molecule has 128 valence electrons. The van der Waals surface area contributed by atoms with E-state index in [4.69, 9.17) is 4.74 Å². The lowest BCUT2D eigenvalue weighted by Crippen LogP contribution is -2.35. The predicted octanol–water partition coefficient (Wildman–Crippen LogP) is 0.667. The first-order valence-corrected chi connectivity index (χ1v) is 9.01. The van der Waals surface area contributed by atoms with Crippen molar-refractivity contribution < 1.29 is 17.9 Å². The molecule has 0 saturated heterocycles. The summed E-state index contributed by atoms with van der Waals surface area (Å²) in [6, 6.07) is 9.13. The van der Waals surface area contributed by atoms with Crippen LogP contribution in [0.5, 0.6) is 5.75 Å². The van der Waals surface area contributed by atoms with Gasteiger partial charge in [-0.25, -0.2) is 13.1 Å². The molecule has 1 aromatic carbocycles. The molecule has 0 spiro atoms. The second-order valence-corrected chi connectivity index (χ2v) is 7.53. The van der Waals surface area contributed by atoms with Crippen LogP contribution in [0.3, 0.4) is 0 Å². The van der Waals surface area contributed by atoms with E-state index in [1.165, 1.54) is 23.9 Å². The molecule has 1 aromatic heterocycles. The van der Waals surface area contributed by atoms with E-state index in [2.05, 4.69) is 10.0 Å². The molecule has 0 radical (unpaired) electrons. The third kappa shape index (κ3) is 3.15. The molecule has 2 aromatic rings. The monoisotopic (exact) mass is 349 g/mol. The van der Waals surface area contributed by atoms with Crippen molar-refractivity contribution in [3.05, 3.63) is 47.8 Å². The van der Waals surface area contributed by atoms with Crippen LogP contribution in [0.2, 0.25) is 0 Å². The molecule has 7 nitrogen and oxygen atoms in total. The van der Waals surface area contributed by atoms with E-state index in [0.717, 1.165) is 17.7 Å². The van der Waals surface area contributed by atoms with Crippen LogP contribution in [0.15, 0.2) is 41.4 Å². The molecular weight excluding hydrogens is 330 g/mol. The zero-order valence-electron chi connectivity index (χ0n) is 13.4. The molecule has 2 N–H and O–H groups in total. The Kier molecular flexibility index (Phi) is 4.33. The molecule has 0 unspecified atom stereocenters. The zero-order chi connectivity index (χ0) is 17.3. The van der Waals surface area contributed by atoms with Gasteiger partial charge in [0.25, 0.3) is 5.91 Å². The van der Waals surface area contributed by atoms with Gasteiger partial charge in [-0.05, 0) is 24.7 Å². The lowest BCUT2D eigenvalue weighted by Gasteiger charge is -2.12.